The Morgan fingerprint density at radius 1 is 1.67 bits per heavy atom. The molecule has 0 spiro atoms. The third kappa shape index (κ3) is 0.533. The van der Waals surface area contributed by atoms with Gasteiger partial charge in [-0.2, -0.15) is 4.37 Å². The monoisotopic (exact) mass is 140 g/mol. The minimum Gasteiger partial charge on any atom is -0.459 e. The fourth-order valence-corrected chi connectivity index (χ4v) is 1.33. The zero-order valence-electron chi connectivity index (χ0n) is 4.50. The number of nitrogen functional groups attached to an aromatic ring is 1. The SMILES string of the molecule is Nc1nsc2ccoc12. The molecule has 0 fully saturated rings. The summed E-state index contributed by atoms with van der Waals surface area (Å²) in [6.07, 6.45) is 1.61. The van der Waals surface area contributed by atoms with E-state index in [0.29, 0.717) is 11.4 Å². The molecular weight excluding hydrogens is 136 g/mol. The molecule has 0 radical (unpaired) electrons. The first-order valence-electron chi connectivity index (χ1n) is 2.46. The fraction of sp³-hybridized carbons (Fsp3) is 0. The first-order chi connectivity index (χ1) is 4.38. The van der Waals surface area contributed by atoms with Crippen molar-refractivity contribution in [3.63, 3.8) is 0 Å². The van der Waals surface area contributed by atoms with E-state index in [1.807, 2.05) is 6.07 Å². The molecule has 2 rings (SSSR count). The molecule has 0 atom stereocenters. The highest BCUT2D eigenvalue weighted by Gasteiger charge is 2.03. The molecule has 0 aliphatic carbocycles. The number of hydrogen-bond donors (Lipinski definition) is 1. The number of hydrogen-bond acceptors (Lipinski definition) is 4. The van der Waals surface area contributed by atoms with Gasteiger partial charge >= 0.3 is 0 Å². The van der Waals surface area contributed by atoms with Gasteiger partial charge in [0.15, 0.2) is 11.4 Å². The lowest BCUT2D eigenvalue weighted by Gasteiger charge is -1.75. The Labute approximate surface area is 55.2 Å². The van der Waals surface area contributed by atoms with Crippen molar-refractivity contribution in [2.24, 2.45) is 0 Å². The van der Waals surface area contributed by atoms with Crippen molar-refractivity contribution in [1.29, 1.82) is 0 Å². The molecule has 0 amide bonds. The van der Waals surface area contributed by atoms with Gasteiger partial charge < -0.3 is 10.2 Å². The van der Waals surface area contributed by atoms with Crippen LogP contribution in [0.3, 0.4) is 0 Å². The molecule has 2 aromatic heterocycles. The number of fused-ring (bicyclic) bond motifs is 1. The summed E-state index contributed by atoms with van der Waals surface area (Å²) >= 11 is 1.35. The van der Waals surface area contributed by atoms with Crippen molar-refractivity contribution < 1.29 is 4.42 Å². The molecule has 2 aromatic rings. The van der Waals surface area contributed by atoms with Gasteiger partial charge in [0.25, 0.3) is 0 Å². The zero-order valence-corrected chi connectivity index (χ0v) is 5.31. The molecule has 0 aliphatic heterocycles. The quantitative estimate of drug-likeness (QED) is 0.602. The van der Waals surface area contributed by atoms with Crippen LogP contribution in [0.15, 0.2) is 16.7 Å². The molecule has 0 bridgehead atoms. The summed E-state index contributed by atoms with van der Waals surface area (Å²) in [7, 11) is 0. The van der Waals surface area contributed by atoms with E-state index >= 15 is 0 Å². The second kappa shape index (κ2) is 1.48. The van der Waals surface area contributed by atoms with Crippen molar-refractivity contribution >= 4 is 27.6 Å². The van der Waals surface area contributed by atoms with Gasteiger partial charge in [-0.25, -0.2) is 0 Å². The van der Waals surface area contributed by atoms with Crippen molar-refractivity contribution in [1.82, 2.24) is 4.37 Å². The summed E-state index contributed by atoms with van der Waals surface area (Å²) < 4.78 is 9.90. The standard InChI is InChI=1S/C5H4N2OS/c6-5-4-3(9-7-5)1-2-8-4/h1-2H,(H2,6,7). The maximum absolute atomic E-state index is 5.43. The van der Waals surface area contributed by atoms with Crippen LogP contribution in [-0.2, 0) is 0 Å². The van der Waals surface area contributed by atoms with Crippen LogP contribution in [0.2, 0.25) is 0 Å². The minimum absolute atomic E-state index is 0.486. The lowest BCUT2D eigenvalue weighted by atomic mass is 10.5. The van der Waals surface area contributed by atoms with Gasteiger partial charge in [-0.1, -0.05) is 0 Å². The van der Waals surface area contributed by atoms with Gasteiger partial charge in [-0.05, 0) is 17.6 Å². The van der Waals surface area contributed by atoms with Crippen molar-refractivity contribution in [3.8, 4) is 0 Å². The first kappa shape index (κ1) is 4.81. The third-order valence-electron chi connectivity index (χ3n) is 1.10. The summed E-state index contributed by atoms with van der Waals surface area (Å²) in [6.45, 7) is 0. The molecule has 0 unspecified atom stereocenters. The molecule has 0 aromatic carbocycles. The maximum Gasteiger partial charge on any atom is 0.188 e. The molecular formula is C5H4N2OS. The number of aromatic nitrogens is 1. The van der Waals surface area contributed by atoms with Gasteiger partial charge in [0, 0.05) is 0 Å². The Morgan fingerprint density at radius 3 is 3.33 bits per heavy atom. The Morgan fingerprint density at radius 2 is 2.56 bits per heavy atom. The molecule has 2 N–H and O–H groups in total. The summed E-state index contributed by atoms with van der Waals surface area (Å²) in [4.78, 5) is 0. The smallest absolute Gasteiger partial charge is 0.188 e. The van der Waals surface area contributed by atoms with Crippen LogP contribution >= 0.6 is 11.5 Å². The number of furan rings is 1. The van der Waals surface area contributed by atoms with Crippen LogP contribution < -0.4 is 5.73 Å². The Bertz CT molecular complexity index is 324. The van der Waals surface area contributed by atoms with Gasteiger partial charge in [0.2, 0.25) is 0 Å². The predicted molar refractivity (Wildman–Crippen MR) is 36.3 cm³/mol. The van der Waals surface area contributed by atoms with Gasteiger partial charge in [-0.15, -0.1) is 0 Å². The first-order valence-corrected chi connectivity index (χ1v) is 3.23. The Kier molecular flexibility index (Phi) is 0.790. The molecule has 0 saturated carbocycles. The van der Waals surface area contributed by atoms with Crippen molar-refractivity contribution in [2.75, 3.05) is 5.73 Å². The summed E-state index contributed by atoms with van der Waals surface area (Å²) in [5.41, 5.74) is 6.13. The van der Waals surface area contributed by atoms with Gasteiger partial charge in [0.05, 0.1) is 11.0 Å². The summed E-state index contributed by atoms with van der Waals surface area (Å²) in [5.74, 6) is 0.486. The number of nitrogens with zero attached hydrogens (tertiary/aromatic N) is 1. The highest BCUT2D eigenvalue weighted by Crippen LogP contribution is 2.24. The number of anilines is 1. The van der Waals surface area contributed by atoms with E-state index < -0.39 is 0 Å². The lowest BCUT2D eigenvalue weighted by molar-refractivity contribution is 0.617. The molecule has 9 heavy (non-hydrogen) atoms. The van der Waals surface area contributed by atoms with Crippen LogP contribution in [0.1, 0.15) is 0 Å². The zero-order chi connectivity index (χ0) is 6.27. The third-order valence-corrected chi connectivity index (χ3v) is 1.91. The molecule has 0 aliphatic rings. The second-order valence-electron chi connectivity index (χ2n) is 1.68. The summed E-state index contributed by atoms with van der Waals surface area (Å²) in [6, 6.07) is 1.85. The van der Waals surface area contributed by atoms with Crippen LogP contribution in [-0.4, -0.2) is 4.37 Å². The average Bonchev–Trinajstić information content (AvgIpc) is 2.35. The number of nitrogens with two attached hydrogens (primary N) is 1. The van der Waals surface area contributed by atoms with E-state index in [4.69, 9.17) is 10.2 Å². The van der Waals surface area contributed by atoms with E-state index in [-0.39, 0.29) is 0 Å². The predicted octanol–water partition coefficient (Wildman–Crippen LogP) is 1.47. The van der Waals surface area contributed by atoms with E-state index in [2.05, 4.69) is 4.37 Å². The Balaban J connectivity index is 2.99. The molecule has 0 saturated heterocycles. The second-order valence-corrected chi connectivity index (χ2v) is 2.49. The molecule has 3 nitrogen and oxygen atoms in total. The maximum atomic E-state index is 5.43. The van der Waals surface area contributed by atoms with E-state index in [0.717, 1.165) is 4.70 Å². The highest BCUT2D eigenvalue weighted by atomic mass is 32.1. The minimum atomic E-state index is 0.486. The van der Waals surface area contributed by atoms with E-state index in [9.17, 15) is 0 Å². The van der Waals surface area contributed by atoms with Crippen LogP contribution in [0.4, 0.5) is 5.82 Å². The van der Waals surface area contributed by atoms with E-state index in [1.54, 1.807) is 6.26 Å². The van der Waals surface area contributed by atoms with Crippen molar-refractivity contribution in [3.05, 3.63) is 12.3 Å². The molecule has 2 heterocycles. The van der Waals surface area contributed by atoms with Gasteiger partial charge in [0.1, 0.15) is 0 Å². The van der Waals surface area contributed by atoms with Crippen LogP contribution in [0, 0.1) is 0 Å². The van der Waals surface area contributed by atoms with Crippen LogP contribution in [0.25, 0.3) is 10.3 Å². The average molecular weight is 140 g/mol. The molecule has 4 heteroatoms. The van der Waals surface area contributed by atoms with Gasteiger partial charge in [-0.3, -0.25) is 0 Å². The largest absolute Gasteiger partial charge is 0.459 e. The fourth-order valence-electron chi connectivity index (χ4n) is 0.696. The topological polar surface area (TPSA) is 52.0 Å². The number of rotatable bonds is 0. The Hall–Kier alpha value is -1.03. The highest BCUT2D eigenvalue weighted by molar-refractivity contribution is 7.13. The lowest BCUT2D eigenvalue weighted by Crippen LogP contribution is -1.80. The summed E-state index contributed by atoms with van der Waals surface area (Å²) in [5, 5.41) is 0. The van der Waals surface area contributed by atoms with Crippen LogP contribution in [0.5, 0.6) is 0 Å². The molecule has 46 valence electrons. The normalized spacial score (nSPS) is 10.7. The van der Waals surface area contributed by atoms with E-state index in [1.165, 1.54) is 11.5 Å². The van der Waals surface area contributed by atoms with Crippen molar-refractivity contribution in [2.45, 2.75) is 0 Å².